The zero-order valence-corrected chi connectivity index (χ0v) is 30.2. The van der Waals surface area contributed by atoms with Gasteiger partial charge in [0.05, 0.1) is 16.7 Å². The van der Waals surface area contributed by atoms with E-state index in [9.17, 15) is 0 Å². The average Bonchev–Trinajstić information content (AvgIpc) is 3.82. The van der Waals surface area contributed by atoms with E-state index in [1.54, 1.807) is 0 Å². The molecule has 0 N–H and O–H groups in total. The van der Waals surface area contributed by atoms with E-state index in [1.807, 2.05) is 48.5 Å². The van der Waals surface area contributed by atoms with E-state index in [2.05, 4.69) is 150 Å². The Bertz CT molecular complexity index is 3240. The number of furan rings is 1. The molecule has 3 aromatic heterocycles. The molecule has 262 valence electrons. The topological polar surface area (TPSA) is 56.7 Å². The lowest BCUT2D eigenvalue weighted by Gasteiger charge is -2.14. The average molecular weight is 717 g/mol. The van der Waals surface area contributed by atoms with Gasteiger partial charge in [-0.1, -0.05) is 158 Å². The number of nitrogens with zero attached hydrogens (tertiary/aromatic N) is 4. The first-order valence-electron chi connectivity index (χ1n) is 18.8. The minimum atomic E-state index is 0.614. The third kappa shape index (κ3) is 5.37. The molecule has 0 aliphatic rings. The summed E-state index contributed by atoms with van der Waals surface area (Å²) >= 11 is 0. The predicted octanol–water partition coefficient (Wildman–Crippen LogP) is 13.2. The van der Waals surface area contributed by atoms with Crippen molar-refractivity contribution in [1.29, 1.82) is 0 Å². The zero-order chi connectivity index (χ0) is 37.0. The molecular formula is C51H32N4O. The molecule has 8 aromatic carbocycles. The number of fused-ring (bicyclic) bond motifs is 6. The van der Waals surface area contributed by atoms with Crippen molar-refractivity contribution in [3.05, 3.63) is 194 Å². The van der Waals surface area contributed by atoms with Gasteiger partial charge in [-0.25, -0.2) is 15.0 Å². The minimum absolute atomic E-state index is 0.614. The Morgan fingerprint density at radius 3 is 1.61 bits per heavy atom. The van der Waals surface area contributed by atoms with Gasteiger partial charge >= 0.3 is 0 Å². The van der Waals surface area contributed by atoms with Gasteiger partial charge in [0.2, 0.25) is 0 Å². The second kappa shape index (κ2) is 13.0. The number of benzene rings is 8. The molecule has 56 heavy (non-hydrogen) atoms. The highest BCUT2D eigenvalue weighted by Gasteiger charge is 2.19. The molecule has 11 aromatic rings. The molecule has 3 heterocycles. The second-order valence-corrected chi connectivity index (χ2v) is 14.0. The van der Waals surface area contributed by atoms with Crippen molar-refractivity contribution in [2.45, 2.75) is 0 Å². The van der Waals surface area contributed by atoms with Crippen LogP contribution >= 0.6 is 0 Å². The highest BCUT2D eigenvalue weighted by molar-refractivity contribution is 6.11. The van der Waals surface area contributed by atoms with Crippen molar-refractivity contribution in [3.63, 3.8) is 0 Å². The summed E-state index contributed by atoms with van der Waals surface area (Å²) in [5.41, 5.74) is 12.3. The van der Waals surface area contributed by atoms with Crippen molar-refractivity contribution < 1.29 is 4.42 Å². The van der Waals surface area contributed by atoms with E-state index < -0.39 is 0 Å². The number of aromatic nitrogens is 4. The van der Waals surface area contributed by atoms with Crippen LogP contribution in [0.5, 0.6) is 0 Å². The molecule has 0 atom stereocenters. The molecule has 0 spiro atoms. The van der Waals surface area contributed by atoms with Crippen molar-refractivity contribution in [2.24, 2.45) is 0 Å². The quantitative estimate of drug-likeness (QED) is 0.172. The third-order valence-electron chi connectivity index (χ3n) is 10.7. The summed E-state index contributed by atoms with van der Waals surface area (Å²) in [7, 11) is 0. The summed E-state index contributed by atoms with van der Waals surface area (Å²) in [4.78, 5) is 15.2. The van der Waals surface area contributed by atoms with Crippen LogP contribution in [-0.2, 0) is 0 Å². The van der Waals surface area contributed by atoms with Gasteiger partial charge in [-0.15, -0.1) is 0 Å². The zero-order valence-electron chi connectivity index (χ0n) is 30.2. The fraction of sp³-hybridized carbons (Fsp3) is 0. The molecule has 5 nitrogen and oxygen atoms in total. The highest BCUT2D eigenvalue weighted by atomic mass is 16.3. The lowest BCUT2D eigenvalue weighted by Crippen LogP contribution is -2.01. The Balaban J connectivity index is 1.09. The second-order valence-electron chi connectivity index (χ2n) is 14.0. The van der Waals surface area contributed by atoms with Gasteiger partial charge in [-0.3, -0.25) is 0 Å². The summed E-state index contributed by atoms with van der Waals surface area (Å²) in [5.74, 6) is 1.87. The van der Waals surface area contributed by atoms with Gasteiger partial charge in [0.25, 0.3) is 0 Å². The van der Waals surface area contributed by atoms with E-state index in [4.69, 9.17) is 19.4 Å². The van der Waals surface area contributed by atoms with Crippen LogP contribution in [-0.4, -0.2) is 19.5 Å². The van der Waals surface area contributed by atoms with Crippen LogP contribution in [0, 0.1) is 0 Å². The molecule has 0 aliphatic heterocycles. The summed E-state index contributed by atoms with van der Waals surface area (Å²) in [6, 6.07) is 67.5. The number of hydrogen-bond acceptors (Lipinski definition) is 4. The Morgan fingerprint density at radius 2 is 0.821 bits per heavy atom. The fourth-order valence-electron chi connectivity index (χ4n) is 7.97. The first-order chi connectivity index (χ1) is 27.7. The molecule has 0 fully saturated rings. The lowest BCUT2D eigenvalue weighted by atomic mass is 10.0. The van der Waals surface area contributed by atoms with E-state index in [0.29, 0.717) is 17.5 Å². The first kappa shape index (κ1) is 31.9. The van der Waals surface area contributed by atoms with E-state index >= 15 is 0 Å². The Morgan fingerprint density at radius 1 is 0.321 bits per heavy atom. The molecule has 0 saturated heterocycles. The monoisotopic (exact) mass is 716 g/mol. The molecule has 0 bridgehead atoms. The van der Waals surface area contributed by atoms with Crippen LogP contribution in [0.25, 0.3) is 106 Å². The van der Waals surface area contributed by atoms with E-state index in [-0.39, 0.29) is 0 Å². The third-order valence-corrected chi connectivity index (χ3v) is 10.7. The number of para-hydroxylation sites is 3. The fourth-order valence-corrected chi connectivity index (χ4v) is 7.97. The maximum atomic E-state index is 6.33. The van der Waals surface area contributed by atoms with Crippen LogP contribution < -0.4 is 0 Å². The van der Waals surface area contributed by atoms with Gasteiger partial charge in [-0.2, -0.15) is 0 Å². The van der Waals surface area contributed by atoms with Crippen LogP contribution in [0.15, 0.2) is 199 Å². The van der Waals surface area contributed by atoms with Gasteiger partial charge in [0.1, 0.15) is 11.2 Å². The first-order valence-corrected chi connectivity index (χ1v) is 18.8. The van der Waals surface area contributed by atoms with Crippen LogP contribution in [0.2, 0.25) is 0 Å². The van der Waals surface area contributed by atoms with Crippen LogP contribution in [0.1, 0.15) is 0 Å². The SMILES string of the molecule is c1ccc(-c2ccc(-c3nc(-c4ccccc4)nc(-c4ccc5c6ccccc6n(-c6ccccc6-c6ccc7c(c6)oc6ccccc67)c5c4)n3)cc2)cc1. The molecule has 0 aliphatic carbocycles. The molecule has 0 saturated carbocycles. The Hall–Kier alpha value is -7.63. The van der Waals surface area contributed by atoms with Crippen LogP contribution in [0.4, 0.5) is 0 Å². The molecule has 0 radical (unpaired) electrons. The molecule has 11 rings (SSSR count). The van der Waals surface area contributed by atoms with Gasteiger partial charge in [-0.05, 0) is 53.1 Å². The molecule has 0 amide bonds. The van der Waals surface area contributed by atoms with Gasteiger partial charge < -0.3 is 8.98 Å². The number of rotatable bonds is 6. The number of hydrogen-bond donors (Lipinski definition) is 0. The van der Waals surface area contributed by atoms with Gasteiger partial charge in [0.15, 0.2) is 17.5 Å². The van der Waals surface area contributed by atoms with E-state index in [1.165, 1.54) is 10.9 Å². The molecule has 5 heteroatoms. The van der Waals surface area contributed by atoms with Crippen molar-refractivity contribution in [2.75, 3.05) is 0 Å². The standard InChI is InChI=1S/C51H32N4O/c1-3-13-33(14-4-1)34-23-25-36(26-24-34)50-52-49(35-15-5-2-6-16-35)53-51(54-50)38-28-29-41-40-18-8-11-21-45(40)55(46(41)31-38)44-20-10-7-17-39(44)37-27-30-43-42-19-9-12-22-47(42)56-48(43)32-37/h1-32H. The maximum Gasteiger partial charge on any atom is 0.164 e. The summed E-state index contributed by atoms with van der Waals surface area (Å²) in [5, 5.41) is 4.57. The smallest absolute Gasteiger partial charge is 0.164 e. The minimum Gasteiger partial charge on any atom is -0.456 e. The highest BCUT2D eigenvalue weighted by Crippen LogP contribution is 2.39. The molecular weight excluding hydrogens is 685 g/mol. The van der Waals surface area contributed by atoms with E-state index in [0.717, 1.165) is 77.4 Å². The molecule has 0 unspecified atom stereocenters. The summed E-state index contributed by atoms with van der Waals surface area (Å²) in [6.07, 6.45) is 0. The Labute approximate surface area is 322 Å². The van der Waals surface area contributed by atoms with Gasteiger partial charge in [0, 0.05) is 43.8 Å². The van der Waals surface area contributed by atoms with Crippen molar-refractivity contribution in [1.82, 2.24) is 19.5 Å². The largest absolute Gasteiger partial charge is 0.456 e. The predicted molar refractivity (Wildman–Crippen MR) is 229 cm³/mol. The summed E-state index contributed by atoms with van der Waals surface area (Å²) in [6.45, 7) is 0. The van der Waals surface area contributed by atoms with Crippen LogP contribution in [0.3, 0.4) is 0 Å². The Kier molecular flexibility index (Phi) is 7.42. The maximum absolute atomic E-state index is 6.33. The van der Waals surface area contributed by atoms with Crippen molar-refractivity contribution >= 4 is 43.7 Å². The lowest BCUT2D eigenvalue weighted by molar-refractivity contribution is 0.669. The summed E-state index contributed by atoms with van der Waals surface area (Å²) < 4.78 is 8.70. The normalized spacial score (nSPS) is 11.6. The van der Waals surface area contributed by atoms with Crippen molar-refractivity contribution in [3.8, 4) is 62.1 Å².